The van der Waals surface area contributed by atoms with Crippen molar-refractivity contribution in [3.63, 3.8) is 0 Å². The molecule has 1 aromatic rings. The number of alkyl halides is 3. The van der Waals surface area contributed by atoms with E-state index in [2.05, 4.69) is 31.9 Å². The highest BCUT2D eigenvalue weighted by Crippen LogP contribution is 2.33. The maximum Gasteiger partial charge on any atom is 0.471 e. The van der Waals surface area contributed by atoms with Crippen LogP contribution in [0, 0.1) is 6.92 Å². The first kappa shape index (κ1) is 13.5. The monoisotopic (exact) mass is 359 g/mol. The molecule has 88 valence electrons. The summed E-state index contributed by atoms with van der Waals surface area (Å²) in [6.45, 7) is 1.78. The number of hydrogen-bond donors (Lipinski definition) is 1. The van der Waals surface area contributed by atoms with Gasteiger partial charge >= 0.3 is 12.1 Å². The van der Waals surface area contributed by atoms with Crippen LogP contribution in [0.25, 0.3) is 0 Å². The molecule has 7 heteroatoms. The van der Waals surface area contributed by atoms with E-state index in [4.69, 9.17) is 0 Å². The standard InChI is InChI=1S/C9H6Br2F3NO/c1-4-2-5(10)7(6(11)3-4)15-8(16)9(12,13)14/h2-3H,1H3,(H,15,16). The van der Waals surface area contributed by atoms with Gasteiger partial charge in [-0.1, -0.05) is 0 Å². The molecule has 0 atom stereocenters. The zero-order chi connectivity index (χ0) is 12.5. The van der Waals surface area contributed by atoms with Crippen LogP contribution in [0.1, 0.15) is 5.56 Å². The summed E-state index contributed by atoms with van der Waals surface area (Å²) in [4.78, 5) is 10.7. The molecule has 16 heavy (non-hydrogen) atoms. The van der Waals surface area contributed by atoms with Gasteiger partial charge in [0.2, 0.25) is 0 Å². The summed E-state index contributed by atoms with van der Waals surface area (Å²) in [5.41, 5.74) is 0.914. The van der Waals surface area contributed by atoms with Crippen LogP contribution in [0.2, 0.25) is 0 Å². The zero-order valence-corrected chi connectivity index (χ0v) is 11.1. The number of nitrogens with one attached hydrogen (secondary N) is 1. The average Bonchev–Trinajstić information content (AvgIpc) is 2.08. The van der Waals surface area contributed by atoms with Gasteiger partial charge in [-0.3, -0.25) is 4.79 Å². The van der Waals surface area contributed by atoms with Gasteiger partial charge in [0.15, 0.2) is 0 Å². The Morgan fingerprint density at radius 3 is 2.06 bits per heavy atom. The third-order valence-corrected chi connectivity index (χ3v) is 2.93. The SMILES string of the molecule is Cc1cc(Br)c(NC(=O)C(F)(F)F)c(Br)c1. The number of halogens is 5. The van der Waals surface area contributed by atoms with E-state index in [1.165, 1.54) is 0 Å². The van der Waals surface area contributed by atoms with Gasteiger partial charge in [0.05, 0.1) is 5.69 Å². The number of hydrogen-bond acceptors (Lipinski definition) is 1. The lowest BCUT2D eigenvalue weighted by Gasteiger charge is -2.12. The van der Waals surface area contributed by atoms with Gasteiger partial charge < -0.3 is 5.32 Å². The highest BCUT2D eigenvalue weighted by molar-refractivity contribution is 9.11. The Hall–Kier alpha value is -0.560. The zero-order valence-electron chi connectivity index (χ0n) is 7.95. The lowest BCUT2D eigenvalue weighted by Crippen LogP contribution is -2.30. The molecule has 0 spiro atoms. The summed E-state index contributed by atoms with van der Waals surface area (Å²) in [5, 5.41) is 1.79. The van der Waals surface area contributed by atoms with Crippen LogP contribution in [-0.4, -0.2) is 12.1 Å². The Morgan fingerprint density at radius 2 is 1.69 bits per heavy atom. The molecule has 0 fully saturated rings. The lowest BCUT2D eigenvalue weighted by molar-refractivity contribution is -0.167. The van der Waals surface area contributed by atoms with Crippen molar-refractivity contribution in [2.45, 2.75) is 13.1 Å². The second-order valence-corrected chi connectivity index (χ2v) is 4.76. The summed E-state index contributed by atoms with van der Waals surface area (Å²) in [5.74, 6) is -2.00. The minimum atomic E-state index is -4.90. The smallest absolute Gasteiger partial charge is 0.316 e. The van der Waals surface area contributed by atoms with Crippen LogP contribution >= 0.6 is 31.9 Å². The molecule has 0 radical (unpaired) electrons. The van der Waals surface area contributed by atoms with Gasteiger partial charge in [0.25, 0.3) is 0 Å². The van der Waals surface area contributed by atoms with Gasteiger partial charge in [-0.2, -0.15) is 13.2 Å². The topological polar surface area (TPSA) is 29.1 Å². The summed E-state index contributed by atoms with van der Waals surface area (Å²) in [7, 11) is 0. The predicted molar refractivity (Wildman–Crippen MR) is 61.3 cm³/mol. The number of carbonyl (C=O) groups excluding carboxylic acids is 1. The van der Waals surface area contributed by atoms with E-state index >= 15 is 0 Å². The third kappa shape index (κ3) is 3.21. The van der Waals surface area contributed by atoms with Crippen molar-refractivity contribution in [2.75, 3.05) is 5.32 Å². The van der Waals surface area contributed by atoms with Crippen molar-refractivity contribution in [1.29, 1.82) is 0 Å². The molecular formula is C9H6Br2F3NO. The molecule has 0 aromatic heterocycles. The van der Waals surface area contributed by atoms with Crippen LogP contribution in [0.15, 0.2) is 21.1 Å². The molecule has 0 unspecified atom stereocenters. The molecule has 0 saturated heterocycles. The first-order valence-electron chi connectivity index (χ1n) is 4.05. The van der Waals surface area contributed by atoms with E-state index in [9.17, 15) is 18.0 Å². The van der Waals surface area contributed by atoms with Crippen molar-refractivity contribution in [3.8, 4) is 0 Å². The van der Waals surface area contributed by atoms with Crippen molar-refractivity contribution >= 4 is 43.5 Å². The highest BCUT2D eigenvalue weighted by Gasteiger charge is 2.39. The second kappa shape index (κ2) is 4.75. The minimum absolute atomic E-state index is 0.0629. The Labute approximate surface area is 106 Å². The molecule has 0 heterocycles. The van der Waals surface area contributed by atoms with E-state index in [1.807, 2.05) is 0 Å². The Bertz CT molecular complexity index is 408. The van der Waals surface area contributed by atoms with Gasteiger partial charge in [0, 0.05) is 8.95 Å². The summed E-state index contributed by atoms with van der Waals surface area (Å²) in [6, 6.07) is 3.22. The van der Waals surface area contributed by atoms with Gasteiger partial charge in [0.1, 0.15) is 0 Å². The molecule has 0 aliphatic heterocycles. The summed E-state index contributed by atoms with van der Waals surface area (Å²) in [6.07, 6.45) is -4.90. The van der Waals surface area contributed by atoms with E-state index in [0.717, 1.165) is 5.56 Å². The van der Waals surface area contributed by atoms with Crippen LogP contribution in [0.5, 0.6) is 0 Å². The number of carbonyl (C=O) groups is 1. The van der Waals surface area contributed by atoms with Crippen LogP contribution in [0.4, 0.5) is 18.9 Å². The van der Waals surface area contributed by atoms with Gasteiger partial charge in [-0.05, 0) is 56.5 Å². The average molecular weight is 361 g/mol. The predicted octanol–water partition coefficient (Wildman–Crippen LogP) is 4.02. The largest absolute Gasteiger partial charge is 0.471 e. The second-order valence-electron chi connectivity index (χ2n) is 3.06. The lowest BCUT2D eigenvalue weighted by atomic mass is 10.2. The minimum Gasteiger partial charge on any atom is -0.316 e. The van der Waals surface area contributed by atoms with E-state index < -0.39 is 12.1 Å². The molecule has 0 aliphatic rings. The van der Waals surface area contributed by atoms with Crippen molar-refractivity contribution < 1.29 is 18.0 Å². The molecule has 1 amide bonds. The van der Waals surface area contributed by atoms with Crippen LogP contribution in [0.3, 0.4) is 0 Å². The number of aryl methyl sites for hydroxylation is 1. The molecule has 0 saturated carbocycles. The van der Waals surface area contributed by atoms with Gasteiger partial charge in [-0.25, -0.2) is 0 Å². The number of amides is 1. The van der Waals surface area contributed by atoms with E-state index in [1.54, 1.807) is 24.4 Å². The molecule has 2 nitrogen and oxygen atoms in total. The molecule has 1 aromatic carbocycles. The Balaban J connectivity index is 3.03. The quantitative estimate of drug-likeness (QED) is 0.805. The first-order chi connectivity index (χ1) is 7.21. The number of benzene rings is 1. The normalized spacial score (nSPS) is 11.4. The fourth-order valence-electron chi connectivity index (χ4n) is 1.00. The fraction of sp³-hybridized carbons (Fsp3) is 0.222. The number of anilines is 1. The van der Waals surface area contributed by atoms with Crippen molar-refractivity contribution in [3.05, 3.63) is 26.6 Å². The molecule has 1 N–H and O–H groups in total. The molecule has 0 bridgehead atoms. The highest BCUT2D eigenvalue weighted by atomic mass is 79.9. The van der Waals surface area contributed by atoms with Crippen LogP contribution in [-0.2, 0) is 4.79 Å². The summed E-state index contributed by atoms with van der Waals surface area (Å²) < 4.78 is 36.9. The van der Waals surface area contributed by atoms with Crippen molar-refractivity contribution in [1.82, 2.24) is 0 Å². The first-order valence-corrected chi connectivity index (χ1v) is 5.64. The molecular weight excluding hydrogens is 355 g/mol. The van der Waals surface area contributed by atoms with E-state index in [-0.39, 0.29) is 5.69 Å². The van der Waals surface area contributed by atoms with Crippen LogP contribution < -0.4 is 5.32 Å². The maximum absolute atomic E-state index is 12.0. The van der Waals surface area contributed by atoms with Crippen molar-refractivity contribution in [2.24, 2.45) is 0 Å². The maximum atomic E-state index is 12.0. The third-order valence-electron chi connectivity index (χ3n) is 1.68. The molecule has 0 aliphatic carbocycles. The molecule has 1 rings (SSSR count). The Kier molecular flexibility index (Phi) is 4.01. The van der Waals surface area contributed by atoms with E-state index in [0.29, 0.717) is 8.95 Å². The number of rotatable bonds is 1. The Morgan fingerprint density at radius 1 is 1.25 bits per heavy atom. The fourth-order valence-corrected chi connectivity index (χ4v) is 2.62. The summed E-state index contributed by atoms with van der Waals surface area (Å²) >= 11 is 6.16. The van der Waals surface area contributed by atoms with Gasteiger partial charge in [-0.15, -0.1) is 0 Å².